The first-order valence-corrected chi connectivity index (χ1v) is 9.48. The van der Waals surface area contributed by atoms with Crippen LogP contribution in [0, 0.1) is 0 Å². The van der Waals surface area contributed by atoms with Gasteiger partial charge in [-0.3, -0.25) is 4.79 Å². The van der Waals surface area contributed by atoms with Crippen molar-refractivity contribution in [2.24, 2.45) is 0 Å². The average Bonchev–Trinajstić information content (AvgIpc) is 3.24. The Morgan fingerprint density at radius 1 is 1.15 bits per heavy atom. The van der Waals surface area contributed by atoms with E-state index in [0.29, 0.717) is 6.04 Å². The van der Waals surface area contributed by atoms with Gasteiger partial charge in [-0.25, -0.2) is 0 Å². The normalized spacial score (nSPS) is 17.8. The summed E-state index contributed by atoms with van der Waals surface area (Å²) < 4.78 is 6.04. The van der Waals surface area contributed by atoms with Crippen molar-refractivity contribution in [3.05, 3.63) is 59.9 Å². The summed E-state index contributed by atoms with van der Waals surface area (Å²) in [4.78, 5) is 14.2. The van der Waals surface area contributed by atoms with Crippen molar-refractivity contribution in [1.82, 2.24) is 4.90 Å². The van der Waals surface area contributed by atoms with E-state index in [4.69, 9.17) is 4.42 Å². The molecule has 1 aliphatic heterocycles. The fourth-order valence-corrected chi connectivity index (χ4v) is 3.90. The first-order valence-electron chi connectivity index (χ1n) is 9.48. The molecule has 0 spiro atoms. The number of Topliss-reactive ketones (excluding diaryl/α,β-unsaturated/α-hetero) is 1. The van der Waals surface area contributed by atoms with Gasteiger partial charge in [-0.1, -0.05) is 24.3 Å². The molecule has 134 valence electrons. The zero-order valence-electron chi connectivity index (χ0n) is 15.5. The molecule has 3 nitrogen and oxygen atoms in total. The van der Waals surface area contributed by atoms with Crippen molar-refractivity contribution >= 4 is 16.8 Å². The number of ketones is 1. The Hall–Kier alpha value is -2.39. The molecule has 4 rings (SSSR count). The first-order chi connectivity index (χ1) is 12.6. The smallest absolute Gasteiger partial charge is 0.159 e. The second-order valence-corrected chi connectivity index (χ2v) is 7.38. The Bertz CT molecular complexity index is 940. The molecular weight excluding hydrogens is 322 g/mol. The van der Waals surface area contributed by atoms with Crippen LogP contribution in [0.1, 0.15) is 42.8 Å². The molecule has 2 heterocycles. The lowest BCUT2D eigenvalue weighted by molar-refractivity contribution is 0.101. The van der Waals surface area contributed by atoms with Gasteiger partial charge in [-0.05, 0) is 68.6 Å². The van der Waals surface area contributed by atoms with Crippen molar-refractivity contribution in [3.8, 4) is 11.1 Å². The lowest BCUT2D eigenvalue weighted by atomic mass is 10.0. The van der Waals surface area contributed by atoms with E-state index < -0.39 is 0 Å². The summed E-state index contributed by atoms with van der Waals surface area (Å²) in [5.41, 5.74) is 3.85. The summed E-state index contributed by atoms with van der Waals surface area (Å²) in [6.07, 6.45) is 3.57. The number of hydrogen-bond donors (Lipinski definition) is 0. The number of nitrogens with zero attached hydrogens (tertiary/aromatic N) is 1. The SMILES string of the molecule is CC(=O)c1cccc(-c2ccc3oc(CCN4CCC[C@H]4C)cc3c2)c1. The molecule has 0 unspecified atom stereocenters. The predicted octanol–water partition coefficient (Wildman–Crippen LogP) is 5.33. The molecule has 0 amide bonds. The van der Waals surface area contributed by atoms with Crippen molar-refractivity contribution in [2.45, 2.75) is 39.2 Å². The van der Waals surface area contributed by atoms with Gasteiger partial charge in [0.1, 0.15) is 11.3 Å². The quantitative estimate of drug-likeness (QED) is 0.585. The number of likely N-dealkylation sites (tertiary alicyclic amines) is 1. The summed E-state index contributed by atoms with van der Waals surface area (Å²) in [6.45, 7) is 6.19. The van der Waals surface area contributed by atoms with Gasteiger partial charge in [-0.2, -0.15) is 0 Å². The van der Waals surface area contributed by atoms with Crippen LogP contribution in [0.4, 0.5) is 0 Å². The number of carbonyl (C=O) groups is 1. The molecule has 1 atom stereocenters. The zero-order chi connectivity index (χ0) is 18.1. The zero-order valence-corrected chi connectivity index (χ0v) is 15.5. The van der Waals surface area contributed by atoms with E-state index in [2.05, 4.69) is 30.0 Å². The van der Waals surface area contributed by atoms with Crippen LogP contribution in [0.5, 0.6) is 0 Å². The molecule has 0 aliphatic carbocycles. The third kappa shape index (κ3) is 3.45. The highest BCUT2D eigenvalue weighted by molar-refractivity contribution is 5.95. The van der Waals surface area contributed by atoms with Crippen LogP contribution in [-0.2, 0) is 6.42 Å². The van der Waals surface area contributed by atoms with Gasteiger partial charge >= 0.3 is 0 Å². The standard InChI is InChI=1S/C23H25NO2/c1-16-5-4-11-24(16)12-10-22-15-21-14-20(8-9-23(21)26-22)19-7-3-6-18(13-19)17(2)25/h3,6-9,13-16H,4-5,10-12H2,1-2H3/t16-/m1/s1. The third-order valence-electron chi connectivity index (χ3n) is 5.51. The second-order valence-electron chi connectivity index (χ2n) is 7.38. The lowest BCUT2D eigenvalue weighted by Crippen LogP contribution is -2.28. The van der Waals surface area contributed by atoms with Crippen LogP contribution in [0.15, 0.2) is 52.9 Å². The van der Waals surface area contributed by atoms with Crippen molar-refractivity contribution < 1.29 is 9.21 Å². The molecule has 0 radical (unpaired) electrons. The highest BCUT2D eigenvalue weighted by Gasteiger charge is 2.20. The van der Waals surface area contributed by atoms with Gasteiger partial charge in [0.25, 0.3) is 0 Å². The van der Waals surface area contributed by atoms with Gasteiger partial charge in [0.05, 0.1) is 0 Å². The molecule has 2 aromatic carbocycles. The number of rotatable bonds is 5. The summed E-state index contributed by atoms with van der Waals surface area (Å²) >= 11 is 0. The van der Waals surface area contributed by atoms with E-state index in [-0.39, 0.29) is 5.78 Å². The summed E-state index contributed by atoms with van der Waals surface area (Å²) in [5, 5.41) is 1.13. The second kappa shape index (κ2) is 7.08. The van der Waals surface area contributed by atoms with Gasteiger partial charge in [0, 0.05) is 30.0 Å². The van der Waals surface area contributed by atoms with Crippen molar-refractivity contribution in [3.63, 3.8) is 0 Å². The average molecular weight is 347 g/mol. The monoisotopic (exact) mass is 347 g/mol. The van der Waals surface area contributed by atoms with E-state index in [1.807, 2.05) is 30.3 Å². The molecule has 0 saturated carbocycles. The van der Waals surface area contributed by atoms with Crippen LogP contribution in [0.25, 0.3) is 22.1 Å². The molecule has 1 aliphatic rings. The maximum absolute atomic E-state index is 11.6. The fourth-order valence-electron chi connectivity index (χ4n) is 3.90. The summed E-state index contributed by atoms with van der Waals surface area (Å²) in [7, 11) is 0. The van der Waals surface area contributed by atoms with Gasteiger partial charge < -0.3 is 9.32 Å². The van der Waals surface area contributed by atoms with E-state index in [1.165, 1.54) is 19.4 Å². The topological polar surface area (TPSA) is 33.5 Å². The Labute approximate surface area is 154 Å². The number of benzene rings is 2. The number of hydrogen-bond acceptors (Lipinski definition) is 3. The first kappa shape index (κ1) is 17.0. The van der Waals surface area contributed by atoms with E-state index in [9.17, 15) is 4.79 Å². The van der Waals surface area contributed by atoms with Gasteiger partial charge in [0.15, 0.2) is 5.78 Å². The highest BCUT2D eigenvalue weighted by Crippen LogP contribution is 2.28. The largest absolute Gasteiger partial charge is 0.461 e. The van der Waals surface area contributed by atoms with Gasteiger partial charge in [0.2, 0.25) is 0 Å². The maximum Gasteiger partial charge on any atom is 0.159 e. The number of furan rings is 1. The fraction of sp³-hybridized carbons (Fsp3) is 0.348. The van der Waals surface area contributed by atoms with E-state index in [0.717, 1.165) is 46.4 Å². The predicted molar refractivity (Wildman–Crippen MR) is 106 cm³/mol. The van der Waals surface area contributed by atoms with Crippen LogP contribution in [0.2, 0.25) is 0 Å². The lowest BCUT2D eigenvalue weighted by Gasteiger charge is -2.19. The highest BCUT2D eigenvalue weighted by atomic mass is 16.3. The Morgan fingerprint density at radius 2 is 2.00 bits per heavy atom. The van der Waals surface area contributed by atoms with Crippen LogP contribution < -0.4 is 0 Å². The van der Waals surface area contributed by atoms with Crippen LogP contribution in [-0.4, -0.2) is 29.8 Å². The number of carbonyl (C=O) groups excluding carboxylic acids is 1. The van der Waals surface area contributed by atoms with Crippen molar-refractivity contribution in [1.29, 1.82) is 0 Å². The maximum atomic E-state index is 11.6. The molecule has 1 saturated heterocycles. The Kier molecular flexibility index (Phi) is 4.64. The van der Waals surface area contributed by atoms with Crippen LogP contribution >= 0.6 is 0 Å². The molecule has 0 bridgehead atoms. The Balaban J connectivity index is 1.56. The molecule has 1 aromatic heterocycles. The molecule has 1 fully saturated rings. The molecule has 0 N–H and O–H groups in total. The number of fused-ring (bicyclic) bond motifs is 1. The molecular formula is C23H25NO2. The van der Waals surface area contributed by atoms with Gasteiger partial charge in [-0.15, -0.1) is 0 Å². The molecule has 26 heavy (non-hydrogen) atoms. The van der Waals surface area contributed by atoms with Crippen LogP contribution in [0.3, 0.4) is 0 Å². The minimum absolute atomic E-state index is 0.0923. The van der Waals surface area contributed by atoms with E-state index >= 15 is 0 Å². The third-order valence-corrected chi connectivity index (χ3v) is 5.51. The Morgan fingerprint density at radius 3 is 2.77 bits per heavy atom. The minimum atomic E-state index is 0.0923. The minimum Gasteiger partial charge on any atom is -0.461 e. The summed E-state index contributed by atoms with van der Waals surface area (Å²) in [5.74, 6) is 1.14. The molecule has 3 aromatic rings. The van der Waals surface area contributed by atoms with E-state index in [1.54, 1.807) is 6.92 Å². The van der Waals surface area contributed by atoms with Crippen molar-refractivity contribution in [2.75, 3.05) is 13.1 Å². The molecule has 3 heteroatoms. The summed E-state index contributed by atoms with van der Waals surface area (Å²) in [6, 6.07) is 16.9.